The molecule has 0 aliphatic carbocycles. The molecular formula is C11H16FNO3S. The Bertz CT molecular complexity index is 462. The zero-order chi connectivity index (χ0) is 12.9. The van der Waals surface area contributed by atoms with Gasteiger partial charge in [0, 0.05) is 19.7 Å². The molecule has 0 fully saturated rings. The minimum absolute atomic E-state index is 0.0581. The van der Waals surface area contributed by atoms with E-state index in [9.17, 15) is 12.8 Å². The molecule has 0 aliphatic rings. The Kier molecular flexibility index (Phi) is 5.04. The molecule has 17 heavy (non-hydrogen) atoms. The molecule has 1 aromatic carbocycles. The first-order chi connectivity index (χ1) is 8.02. The third-order valence-corrected chi connectivity index (χ3v) is 4.32. The fourth-order valence-corrected chi connectivity index (χ4v) is 2.99. The number of rotatable bonds is 6. The van der Waals surface area contributed by atoms with Crippen LogP contribution in [-0.2, 0) is 10.0 Å². The van der Waals surface area contributed by atoms with Gasteiger partial charge in [-0.2, -0.15) is 4.31 Å². The van der Waals surface area contributed by atoms with Crippen molar-refractivity contribution in [3.63, 3.8) is 0 Å². The maximum atomic E-state index is 13.0. The summed E-state index contributed by atoms with van der Waals surface area (Å²) in [4.78, 5) is -0.0581. The zero-order valence-electron chi connectivity index (χ0n) is 9.63. The fraction of sp³-hybridized carbons (Fsp3) is 0.455. The first-order valence-corrected chi connectivity index (χ1v) is 6.83. The van der Waals surface area contributed by atoms with Crippen LogP contribution in [-0.4, -0.2) is 37.5 Å². The molecule has 0 aliphatic heterocycles. The summed E-state index contributed by atoms with van der Waals surface area (Å²) in [5, 5.41) is 8.71. The standard InChI is InChI=1S/C11H16FNO3S/c1-2-13(7-4-8-14)17(15,16)11-6-3-5-10(12)9-11/h3,5-6,9,14H,2,4,7-8H2,1H3. The largest absolute Gasteiger partial charge is 0.396 e. The van der Waals surface area contributed by atoms with Crippen molar-refractivity contribution in [3.8, 4) is 0 Å². The van der Waals surface area contributed by atoms with Gasteiger partial charge < -0.3 is 5.11 Å². The number of aliphatic hydroxyl groups excluding tert-OH is 1. The van der Waals surface area contributed by atoms with Crippen molar-refractivity contribution in [2.45, 2.75) is 18.2 Å². The quantitative estimate of drug-likeness (QED) is 0.837. The zero-order valence-corrected chi connectivity index (χ0v) is 10.5. The number of hydrogen-bond donors (Lipinski definition) is 1. The summed E-state index contributed by atoms with van der Waals surface area (Å²) < 4.78 is 38.4. The third-order valence-electron chi connectivity index (χ3n) is 2.35. The van der Waals surface area contributed by atoms with Gasteiger partial charge >= 0.3 is 0 Å². The third kappa shape index (κ3) is 3.49. The maximum Gasteiger partial charge on any atom is 0.243 e. The number of aliphatic hydroxyl groups is 1. The van der Waals surface area contributed by atoms with Gasteiger partial charge in [0.25, 0.3) is 0 Å². The van der Waals surface area contributed by atoms with Gasteiger partial charge in [0.1, 0.15) is 5.82 Å². The maximum absolute atomic E-state index is 13.0. The highest BCUT2D eigenvalue weighted by atomic mass is 32.2. The first-order valence-electron chi connectivity index (χ1n) is 5.39. The van der Waals surface area contributed by atoms with Crippen LogP contribution < -0.4 is 0 Å². The number of halogens is 1. The summed E-state index contributed by atoms with van der Waals surface area (Å²) in [5.41, 5.74) is 0. The van der Waals surface area contributed by atoms with Crippen LogP contribution in [0.4, 0.5) is 4.39 Å². The predicted molar refractivity (Wildman–Crippen MR) is 62.5 cm³/mol. The van der Waals surface area contributed by atoms with E-state index >= 15 is 0 Å². The molecule has 0 bridgehead atoms. The Morgan fingerprint density at radius 3 is 2.65 bits per heavy atom. The van der Waals surface area contributed by atoms with Crippen LogP contribution in [0.2, 0.25) is 0 Å². The fourth-order valence-electron chi connectivity index (χ4n) is 1.47. The van der Waals surface area contributed by atoms with E-state index in [4.69, 9.17) is 5.11 Å². The second kappa shape index (κ2) is 6.09. The lowest BCUT2D eigenvalue weighted by molar-refractivity contribution is 0.271. The van der Waals surface area contributed by atoms with E-state index in [2.05, 4.69) is 0 Å². The van der Waals surface area contributed by atoms with Gasteiger partial charge in [-0.05, 0) is 24.6 Å². The lowest BCUT2D eigenvalue weighted by Gasteiger charge is -2.19. The van der Waals surface area contributed by atoms with Crippen molar-refractivity contribution < 1.29 is 17.9 Å². The molecule has 0 aromatic heterocycles. The van der Waals surface area contributed by atoms with Crippen LogP contribution in [0.15, 0.2) is 29.2 Å². The summed E-state index contributed by atoms with van der Waals surface area (Å²) >= 11 is 0. The van der Waals surface area contributed by atoms with Gasteiger partial charge in [0.2, 0.25) is 10.0 Å². The van der Waals surface area contributed by atoms with E-state index < -0.39 is 15.8 Å². The Morgan fingerprint density at radius 2 is 2.12 bits per heavy atom. The van der Waals surface area contributed by atoms with Crippen LogP contribution in [0.25, 0.3) is 0 Å². The molecule has 0 unspecified atom stereocenters. The molecule has 6 heteroatoms. The SMILES string of the molecule is CCN(CCCO)S(=O)(=O)c1cccc(F)c1. The van der Waals surface area contributed by atoms with Crippen LogP contribution in [0.3, 0.4) is 0 Å². The number of hydrogen-bond acceptors (Lipinski definition) is 3. The Labute approximate surface area is 101 Å². The normalized spacial score (nSPS) is 12.0. The van der Waals surface area contributed by atoms with Crippen LogP contribution in [0, 0.1) is 5.82 Å². The molecule has 1 aromatic rings. The molecule has 0 saturated carbocycles. The first kappa shape index (κ1) is 14.1. The molecule has 96 valence electrons. The molecule has 0 radical (unpaired) electrons. The summed E-state index contributed by atoms with van der Waals surface area (Å²) in [6, 6.07) is 4.92. The summed E-state index contributed by atoms with van der Waals surface area (Å²) in [5.74, 6) is -0.579. The molecule has 1 N–H and O–H groups in total. The van der Waals surface area contributed by atoms with Gasteiger partial charge in [0.15, 0.2) is 0 Å². The lowest BCUT2D eigenvalue weighted by Crippen LogP contribution is -2.32. The van der Waals surface area contributed by atoms with Gasteiger partial charge in [-0.15, -0.1) is 0 Å². The molecular weight excluding hydrogens is 245 g/mol. The van der Waals surface area contributed by atoms with E-state index in [-0.39, 0.29) is 18.0 Å². The van der Waals surface area contributed by atoms with Crippen molar-refractivity contribution in [3.05, 3.63) is 30.1 Å². The molecule has 0 amide bonds. The molecule has 0 heterocycles. The molecule has 4 nitrogen and oxygen atoms in total. The Hall–Kier alpha value is -0.980. The second-order valence-corrected chi connectivity index (χ2v) is 5.47. The van der Waals surface area contributed by atoms with Gasteiger partial charge in [-0.25, -0.2) is 12.8 Å². The highest BCUT2D eigenvalue weighted by Gasteiger charge is 2.22. The van der Waals surface area contributed by atoms with E-state index in [1.54, 1.807) is 6.92 Å². The van der Waals surface area contributed by atoms with Crippen LogP contribution >= 0.6 is 0 Å². The summed E-state index contributed by atoms with van der Waals surface area (Å²) in [6.07, 6.45) is 0.363. The monoisotopic (exact) mass is 261 g/mol. The average molecular weight is 261 g/mol. The highest BCUT2D eigenvalue weighted by Crippen LogP contribution is 2.16. The smallest absolute Gasteiger partial charge is 0.243 e. The summed E-state index contributed by atoms with van der Waals surface area (Å²) in [7, 11) is -3.66. The van der Waals surface area contributed by atoms with Crippen LogP contribution in [0.5, 0.6) is 0 Å². The van der Waals surface area contributed by atoms with Gasteiger partial charge in [0.05, 0.1) is 4.90 Å². The van der Waals surface area contributed by atoms with Crippen molar-refractivity contribution >= 4 is 10.0 Å². The molecule has 0 spiro atoms. The van der Waals surface area contributed by atoms with Crippen molar-refractivity contribution in [2.24, 2.45) is 0 Å². The predicted octanol–water partition coefficient (Wildman–Crippen LogP) is 1.22. The highest BCUT2D eigenvalue weighted by molar-refractivity contribution is 7.89. The van der Waals surface area contributed by atoms with Crippen molar-refractivity contribution in [1.29, 1.82) is 0 Å². The van der Waals surface area contributed by atoms with E-state index in [1.807, 2.05) is 0 Å². The van der Waals surface area contributed by atoms with E-state index in [0.29, 0.717) is 13.0 Å². The number of sulfonamides is 1. The Balaban J connectivity index is 3.00. The average Bonchev–Trinajstić information content (AvgIpc) is 2.30. The number of nitrogens with zero attached hydrogens (tertiary/aromatic N) is 1. The number of benzene rings is 1. The van der Waals surface area contributed by atoms with Gasteiger partial charge in [-0.3, -0.25) is 0 Å². The van der Waals surface area contributed by atoms with E-state index in [0.717, 1.165) is 6.07 Å². The second-order valence-electron chi connectivity index (χ2n) is 3.53. The Morgan fingerprint density at radius 1 is 1.41 bits per heavy atom. The summed E-state index contributed by atoms with van der Waals surface area (Å²) in [6.45, 7) is 2.15. The molecule has 0 atom stereocenters. The van der Waals surface area contributed by atoms with Crippen LogP contribution in [0.1, 0.15) is 13.3 Å². The van der Waals surface area contributed by atoms with Gasteiger partial charge in [-0.1, -0.05) is 13.0 Å². The van der Waals surface area contributed by atoms with E-state index in [1.165, 1.54) is 22.5 Å². The lowest BCUT2D eigenvalue weighted by atomic mass is 10.4. The molecule has 0 saturated heterocycles. The van der Waals surface area contributed by atoms with Crippen molar-refractivity contribution in [2.75, 3.05) is 19.7 Å². The minimum Gasteiger partial charge on any atom is -0.396 e. The minimum atomic E-state index is -3.66. The molecule has 1 rings (SSSR count). The topological polar surface area (TPSA) is 57.6 Å². The van der Waals surface area contributed by atoms with Crippen molar-refractivity contribution in [1.82, 2.24) is 4.31 Å².